The number of piperazine rings is 1. The van der Waals surface area contributed by atoms with Gasteiger partial charge in [0.25, 0.3) is 5.56 Å². The summed E-state index contributed by atoms with van der Waals surface area (Å²) >= 11 is 0. The molecule has 0 aliphatic carbocycles. The van der Waals surface area contributed by atoms with Crippen LogP contribution in [0.15, 0.2) is 47.3 Å². The number of hydrogen-bond donors (Lipinski definition) is 0. The van der Waals surface area contributed by atoms with Crippen molar-refractivity contribution in [1.29, 1.82) is 0 Å². The first-order valence-corrected chi connectivity index (χ1v) is 12.0. The molecule has 2 aliphatic heterocycles. The highest BCUT2D eigenvalue weighted by molar-refractivity contribution is 5.92. The van der Waals surface area contributed by atoms with Crippen molar-refractivity contribution in [2.24, 2.45) is 0 Å². The van der Waals surface area contributed by atoms with Crippen LogP contribution in [-0.4, -0.2) is 70.0 Å². The van der Waals surface area contributed by atoms with Gasteiger partial charge in [0.2, 0.25) is 12.7 Å². The van der Waals surface area contributed by atoms with Crippen LogP contribution in [0.2, 0.25) is 0 Å². The number of aromatic nitrogens is 3. The monoisotopic (exact) mass is 489 g/mol. The number of rotatable bonds is 5. The SMILES string of the molecule is COc1cccc2c1cc1c(=O)n(CC(=O)N3CCN(Cc4ccc5c(c4)OCO5)CC3)nc(C)n12. The summed E-state index contributed by atoms with van der Waals surface area (Å²) in [6, 6.07) is 13.5. The Hall–Kier alpha value is -4.05. The fourth-order valence-electron chi connectivity index (χ4n) is 5.07. The number of carbonyl (C=O) groups excluding carboxylic acids is 1. The first-order valence-electron chi connectivity index (χ1n) is 12.0. The topological polar surface area (TPSA) is 90.5 Å². The molecule has 2 aliphatic rings. The standard InChI is InChI=1S/C26H27N5O5/c1-17-27-30(26(33)21-13-19-20(31(17)21)4-3-5-22(19)34-2)15-25(32)29-10-8-28(9-11-29)14-18-6-7-23-24(12-18)36-16-35-23/h3-7,12-13H,8-11,14-16H2,1-2H3. The van der Waals surface area contributed by atoms with E-state index in [1.807, 2.05) is 52.6 Å². The third kappa shape index (κ3) is 3.83. The Morgan fingerprint density at radius 1 is 1.03 bits per heavy atom. The Labute approximate surface area is 207 Å². The van der Waals surface area contributed by atoms with Gasteiger partial charge in [-0.15, -0.1) is 0 Å². The lowest BCUT2D eigenvalue weighted by molar-refractivity contribution is -0.133. The van der Waals surface area contributed by atoms with Crippen molar-refractivity contribution in [2.75, 3.05) is 40.1 Å². The number of methoxy groups -OCH3 is 1. The van der Waals surface area contributed by atoms with Gasteiger partial charge >= 0.3 is 0 Å². The molecule has 36 heavy (non-hydrogen) atoms. The molecule has 4 heterocycles. The van der Waals surface area contributed by atoms with Gasteiger partial charge in [-0.05, 0) is 42.8 Å². The summed E-state index contributed by atoms with van der Waals surface area (Å²) in [5, 5.41) is 5.30. The van der Waals surface area contributed by atoms with Crippen LogP contribution in [0.1, 0.15) is 11.4 Å². The molecule has 0 saturated carbocycles. The molecule has 1 saturated heterocycles. The Morgan fingerprint density at radius 3 is 2.64 bits per heavy atom. The minimum absolute atomic E-state index is 0.0863. The maximum Gasteiger partial charge on any atom is 0.291 e. The molecule has 0 spiro atoms. The van der Waals surface area contributed by atoms with Gasteiger partial charge in [-0.25, -0.2) is 4.68 Å². The molecule has 0 radical (unpaired) electrons. The molecule has 10 nitrogen and oxygen atoms in total. The van der Waals surface area contributed by atoms with Gasteiger partial charge in [0, 0.05) is 38.1 Å². The molecule has 4 aromatic rings. The first-order chi connectivity index (χ1) is 17.5. The van der Waals surface area contributed by atoms with Crippen molar-refractivity contribution in [1.82, 2.24) is 24.0 Å². The maximum absolute atomic E-state index is 13.2. The van der Waals surface area contributed by atoms with Gasteiger partial charge in [0.1, 0.15) is 23.6 Å². The van der Waals surface area contributed by atoms with Crippen LogP contribution in [0.4, 0.5) is 0 Å². The van der Waals surface area contributed by atoms with Gasteiger partial charge in [-0.2, -0.15) is 5.10 Å². The molecule has 1 fully saturated rings. The molecule has 1 amide bonds. The third-order valence-corrected chi connectivity index (χ3v) is 6.92. The molecule has 0 unspecified atom stereocenters. The van der Waals surface area contributed by atoms with Crippen molar-refractivity contribution in [3.05, 3.63) is 64.2 Å². The van der Waals surface area contributed by atoms with E-state index in [2.05, 4.69) is 10.00 Å². The van der Waals surface area contributed by atoms with Crippen LogP contribution >= 0.6 is 0 Å². The lowest BCUT2D eigenvalue weighted by Crippen LogP contribution is -2.49. The van der Waals surface area contributed by atoms with Gasteiger partial charge in [-0.3, -0.25) is 18.9 Å². The van der Waals surface area contributed by atoms with E-state index >= 15 is 0 Å². The number of nitrogens with zero attached hydrogens (tertiary/aromatic N) is 5. The molecule has 0 atom stereocenters. The predicted octanol–water partition coefficient (Wildman–Crippen LogP) is 2.04. The van der Waals surface area contributed by atoms with E-state index in [9.17, 15) is 9.59 Å². The lowest BCUT2D eigenvalue weighted by atomic mass is 10.1. The van der Waals surface area contributed by atoms with Crippen molar-refractivity contribution in [3.63, 3.8) is 0 Å². The summed E-state index contributed by atoms with van der Waals surface area (Å²) in [6.45, 7) is 5.50. The smallest absolute Gasteiger partial charge is 0.291 e. The van der Waals surface area contributed by atoms with Gasteiger partial charge in [0.05, 0.1) is 12.6 Å². The van der Waals surface area contributed by atoms with Crippen LogP contribution in [0.3, 0.4) is 0 Å². The molecular formula is C26H27N5O5. The van der Waals surface area contributed by atoms with Crippen LogP contribution in [0.5, 0.6) is 17.2 Å². The van der Waals surface area contributed by atoms with E-state index in [-0.39, 0.29) is 24.8 Å². The number of ether oxygens (including phenoxy) is 3. The van der Waals surface area contributed by atoms with E-state index in [1.54, 1.807) is 13.2 Å². The second kappa shape index (κ2) is 8.87. The number of hydrogen-bond acceptors (Lipinski definition) is 7. The largest absolute Gasteiger partial charge is 0.496 e. The average Bonchev–Trinajstić information content (AvgIpc) is 3.52. The van der Waals surface area contributed by atoms with Crippen LogP contribution in [0, 0.1) is 6.92 Å². The Morgan fingerprint density at radius 2 is 1.83 bits per heavy atom. The molecular weight excluding hydrogens is 462 g/mol. The number of benzene rings is 2. The fraction of sp³-hybridized carbons (Fsp3) is 0.346. The van der Waals surface area contributed by atoms with Crippen LogP contribution in [0.25, 0.3) is 16.4 Å². The highest BCUT2D eigenvalue weighted by atomic mass is 16.7. The number of aryl methyl sites for hydroxylation is 1. The predicted molar refractivity (Wildman–Crippen MR) is 133 cm³/mol. The maximum atomic E-state index is 13.2. The van der Waals surface area contributed by atoms with E-state index < -0.39 is 0 Å². The second-order valence-corrected chi connectivity index (χ2v) is 9.11. The lowest BCUT2D eigenvalue weighted by Gasteiger charge is -2.34. The van der Waals surface area contributed by atoms with Gasteiger partial charge < -0.3 is 19.1 Å². The van der Waals surface area contributed by atoms with E-state index in [0.29, 0.717) is 30.2 Å². The number of carbonyl (C=O) groups is 1. The van der Waals surface area contributed by atoms with Crippen molar-refractivity contribution >= 4 is 22.3 Å². The van der Waals surface area contributed by atoms with E-state index in [1.165, 1.54) is 4.68 Å². The van der Waals surface area contributed by atoms with Crippen molar-refractivity contribution in [3.8, 4) is 17.2 Å². The van der Waals surface area contributed by atoms with Gasteiger partial charge in [0.15, 0.2) is 11.5 Å². The molecule has 6 rings (SSSR count). The fourth-order valence-corrected chi connectivity index (χ4v) is 5.07. The summed E-state index contributed by atoms with van der Waals surface area (Å²) < 4.78 is 19.4. The summed E-state index contributed by atoms with van der Waals surface area (Å²) in [7, 11) is 1.61. The quantitative estimate of drug-likeness (QED) is 0.424. The zero-order chi connectivity index (χ0) is 24.8. The molecule has 2 aromatic carbocycles. The van der Waals surface area contributed by atoms with E-state index in [4.69, 9.17) is 14.2 Å². The van der Waals surface area contributed by atoms with Crippen molar-refractivity contribution < 1.29 is 19.0 Å². The summed E-state index contributed by atoms with van der Waals surface area (Å²) in [5.41, 5.74) is 2.18. The molecule has 0 bridgehead atoms. The summed E-state index contributed by atoms with van der Waals surface area (Å²) in [5.74, 6) is 2.77. The average molecular weight is 490 g/mol. The summed E-state index contributed by atoms with van der Waals surface area (Å²) in [6.07, 6.45) is 0. The highest BCUT2D eigenvalue weighted by Gasteiger charge is 2.24. The van der Waals surface area contributed by atoms with Gasteiger partial charge in [-0.1, -0.05) is 12.1 Å². The van der Waals surface area contributed by atoms with Crippen LogP contribution < -0.4 is 19.8 Å². The summed E-state index contributed by atoms with van der Waals surface area (Å²) in [4.78, 5) is 30.4. The Balaban J connectivity index is 1.15. The van der Waals surface area contributed by atoms with Crippen molar-refractivity contribution in [2.45, 2.75) is 20.0 Å². The minimum atomic E-state index is -0.298. The molecule has 186 valence electrons. The second-order valence-electron chi connectivity index (χ2n) is 9.11. The molecule has 2 aromatic heterocycles. The van der Waals surface area contributed by atoms with E-state index in [0.717, 1.165) is 47.6 Å². The zero-order valence-electron chi connectivity index (χ0n) is 20.3. The zero-order valence-corrected chi connectivity index (χ0v) is 20.3. The Kier molecular flexibility index (Phi) is 5.52. The molecule has 10 heteroatoms. The Bertz CT molecular complexity index is 1530. The molecule has 0 N–H and O–H groups in total. The normalized spacial score (nSPS) is 15.7. The first kappa shape index (κ1) is 22.4. The third-order valence-electron chi connectivity index (χ3n) is 6.92. The minimum Gasteiger partial charge on any atom is -0.496 e. The highest BCUT2D eigenvalue weighted by Crippen LogP contribution is 2.33. The number of amides is 1. The number of fused-ring (bicyclic) bond motifs is 4. The van der Waals surface area contributed by atoms with Crippen LogP contribution in [-0.2, 0) is 17.9 Å².